The Morgan fingerprint density at radius 2 is 2.16 bits per heavy atom. The quantitative estimate of drug-likeness (QED) is 0.588. The van der Waals surface area contributed by atoms with Crippen molar-refractivity contribution in [2.24, 2.45) is 0 Å². The molecule has 1 N–H and O–H groups in total. The summed E-state index contributed by atoms with van der Waals surface area (Å²) < 4.78 is 5.70. The van der Waals surface area contributed by atoms with Crippen molar-refractivity contribution >= 4 is 50.9 Å². The van der Waals surface area contributed by atoms with Gasteiger partial charge in [0.15, 0.2) is 11.5 Å². The van der Waals surface area contributed by atoms with E-state index >= 15 is 0 Å². The fourth-order valence-electron chi connectivity index (χ4n) is 3.89. The molecule has 4 rings (SSSR count). The Hall–Kier alpha value is -2.34. The largest absolute Gasteiger partial charge is 0.503 e. The number of benzene rings is 2. The molecule has 1 amide bonds. The van der Waals surface area contributed by atoms with Crippen molar-refractivity contribution in [1.29, 1.82) is 5.26 Å². The molecule has 160 valence electrons. The van der Waals surface area contributed by atoms with E-state index in [0.717, 1.165) is 16.8 Å². The second-order valence-electron chi connectivity index (χ2n) is 7.30. The van der Waals surface area contributed by atoms with Crippen LogP contribution in [0.2, 0.25) is 5.02 Å². The first-order valence-corrected chi connectivity index (χ1v) is 11.6. The highest BCUT2D eigenvalue weighted by Crippen LogP contribution is 2.46. The smallest absolute Gasteiger partial charge is 0.229 e. The summed E-state index contributed by atoms with van der Waals surface area (Å²) in [5, 5.41) is 21.5. The number of allylic oxidation sites excluding steroid dienone is 1. The first-order chi connectivity index (χ1) is 14.8. The Kier molecular flexibility index (Phi) is 6.11. The second kappa shape index (κ2) is 8.65. The van der Waals surface area contributed by atoms with Gasteiger partial charge in [-0.1, -0.05) is 29.4 Å². The van der Waals surface area contributed by atoms with Gasteiger partial charge in [0.1, 0.15) is 0 Å². The van der Waals surface area contributed by atoms with Gasteiger partial charge in [0, 0.05) is 23.0 Å². The Balaban J connectivity index is 1.71. The van der Waals surface area contributed by atoms with E-state index in [9.17, 15) is 15.2 Å². The molecule has 2 aliphatic heterocycles. The monoisotopic (exact) mass is 519 g/mol. The van der Waals surface area contributed by atoms with E-state index < -0.39 is 5.92 Å². The number of phenolic OH excluding ortho intramolecular Hbond substituents is 1. The normalized spacial score (nSPS) is 18.7. The highest BCUT2D eigenvalue weighted by atomic mass is 79.9. The number of methoxy groups -OCH3 is 1. The summed E-state index contributed by atoms with van der Waals surface area (Å²) in [4.78, 5) is 16.9. The molecule has 9 heteroatoms. The Labute approximate surface area is 198 Å². The van der Waals surface area contributed by atoms with Crippen LogP contribution in [0.5, 0.6) is 11.5 Å². The van der Waals surface area contributed by atoms with Gasteiger partial charge >= 0.3 is 0 Å². The Morgan fingerprint density at radius 3 is 2.87 bits per heavy atom. The molecule has 1 atom stereocenters. The van der Waals surface area contributed by atoms with Crippen LogP contribution in [0, 0.1) is 18.3 Å². The number of ether oxygens (including phenoxy) is 1. The van der Waals surface area contributed by atoms with E-state index in [0.29, 0.717) is 38.4 Å². The fourth-order valence-corrected chi connectivity index (χ4v) is 5.68. The molecular formula is C22H19BrClN3O3S. The highest BCUT2D eigenvalue weighted by Gasteiger charge is 2.39. The third kappa shape index (κ3) is 3.86. The molecular weight excluding hydrogens is 502 g/mol. The lowest BCUT2D eigenvalue weighted by Gasteiger charge is -2.42. The highest BCUT2D eigenvalue weighted by molar-refractivity contribution is 9.10. The van der Waals surface area contributed by atoms with E-state index in [1.807, 2.05) is 25.1 Å². The minimum Gasteiger partial charge on any atom is -0.503 e. The van der Waals surface area contributed by atoms with Crippen LogP contribution < -0.4 is 9.64 Å². The standard InChI is InChI=1S/C22H19BrClN3O3S/c1-12-17(24)4-3-5-18(12)26-10-27-20(28)8-14(15(9-25)22(27)31-11-26)13-6-16(23)21(29)19(7-13)30-2/h3-7,14,29H,8,10-11H2,1-2H3/t14-/m1/s1. The maximum atomic E-state index is 13.1. The number of hydrogen-bond donors (Lipinski definition) is 1. The number of halogens is 2. The number of aromatic hydroxyl groups is 1. The predicted molar refractivity (Wildman–Crippen MR) is 125 cm³/mol. The fraction of sp³-hybridized carbons (Fsp3) is 0.273. The summed E-state index contributed by atoms with van der Waals surface area (Å²) >= 11 is 11.1. The molecule has 2 heterocycles. The minimum absolute atomic E-state index is 0.0132. The van der Waals surface area contributed by atoms with E-state index in [1.54, 1.807) is 17.0 Å². The average molecular weight is 521 g/mol. The minimum atomic E-state index is -0.401. The van der Waals surface area contributed by atoms with Crippen LogP contribution in [-0.4, -0.2) is 35.6 Å². The van der Waals surface area contributed by atoms with Gasteiger partial charge in [-0.2, -0.15) is 5.26 Å². The predicted octanol–water partition coefficient (Wildman–Crippen LogP) is 5.34. The van der Waals surface area contributed by atoms with Crippen molar-refractivity contribution in [3.8, 4) is 17.6 Å². The van der Waals surface area contributed by atoms with E-state index in [2.05, 4.69) is 26.9 Å². The molecule has 2 aromatic carbocycles. The van der Waals surface area contributed by atoms with Gasteiger partial charge < -0.3 is 14.7 Å². The summed E-state index contributed by atoms with van der Waals surface area (Å²) in [5.41, 5.74) is 3.22. The SMILES string of the molecule is COc1cc([C@H]2CC(=O)N3CN(c4cccc(Cl)c4C)CSC3=C2C#N)cc(Br)c1O. The summed E-state index contributed by atoms with van der Waals surface area (Å²) in [6.07, 6.45) is 0.162. The molecule has 0 radical (unpaired) electrons. The number of phenols is 1. The van der Waals surface area contributed by atoms with Gasteiger partial charge in [-0.05, 0) is 58.2 Å². The van der Waals surface area contributed by atoms with E-state index in [4.69, 9.17) is 16.3 Å². The number of hydrogen-bond acceptors (Lipinski definition) is 6. The molecule has 2 aliphatic rings. The number of carbonyl (C=O) groups excluding carboxylic acids is 1. The van der Waals surface area contributed by atoms with E-state index in [1.165, 1.54) is 18.9 Å². The van der Waals surface area contributed by atoms with Crippen LogP contribution in [0.3, 0.4) is 0 Å². The van der Waals surface area contributed by atoms with Crippen LogP contribution in [0.25, 0.3) is 0 Å². The molecule has 0 aliphatic carbocycles. The average Bonchev–Trinajstić information content (AvgIpc) is 2.77. The van der Waals surface area contributed by atoms with Crippen LogP contribution in [0.15, 0.2) is 45.4 Å². The van der Waals surface area contributed by atoms with Crippen molar-refractivity contribution in [1.82, 2.24) is 4.90 Å². The molecule has 2 aromatic rings. The lowest BCUT2D eigenvalue weighted by molar-refractivity contribution is -0.129. The van der Waals surface area contributed by atoms with Gasteiger partial charge in [-0.15, -0.1) is 0 Å². The number of fused-ring (bicyclic) bond motifs is 1. The molecule has 0 unspecified atom stereocenters. The Bertz CT molecular complexity index is 1150. The molecule has 0 bridgehead atoms. The zero-order chi connectivity index (χ0) is 22.3. The van der Waals surface area contributed by atoms with Crippen molar-refractivity contribution < 1.29 is 14.6 Å². The number of rotatable bonds is 3. The third-order valence-electron chi connectivity index (χ3n) is 5.55. The van der Waals surface area contributed by atoms with Crippen LogP contribution in [0.1, 0.15) is 23.5 Å². The third-order valence-corrected chi connectivity index (χ3v) is 7.71. The summed E-state index contributed by atoms with van der Waals surface area (Å²) in [6.45, 7) is 2.32. The molecule has 0 spiro atoms. The molecule has 31 heavy (non-hydrogen) atoms. The number of thioether (sulfide) groups is 1. The van der Waals surface area contributed by atoms with E-state index in [-0.39, 0.29) is 18.1 Å². The lowest BCUT2D eigenvalue weighted by Crippen LogP contribution is -2.47. The maximum Gasteiger partial charge on any atom is 0.229 e. The molecule has 0 aromatic heterocycles. The first-order valence-electron chi connectivity index (χ1n) is 9.49. The van der Waals surface area contributed by atoms with Crippen molar-refractivity contribution in [2.75, 3.05) is 24.6 Å². The number of amides is 1. The number of anilines is 1. The zero-order valence-electron chi connectivity index (χ0n) is 16.9. The summed E-state index contributed by atoms with van der Waals surface area (Å²) in [5.74, 6) is 0.419. The van der Waals surface area contributed by atoms with Crippen LogP contribution in [-0.2, 0) is 4.79 Å². The molecule has 1 fully saturated rings. The van der Waals surface area contributed by atoms with Gasteiger partial charge in [0.05, 0.1) is 40.8 Å². The molecule has 1 saturated heterocycles. The van der Waals surface area contributed by atoms with Crippen molar-refractivity contribution in [2.45, 2.75) is 19.3 Å². The first kappa shape index (κ1) is 21.9. The lowest BCUT2D eigenvalue weighted by atomic mass is 9.86. The van der Waals surface area contributed by atoms with Gasteiger partial charge in [-0.25, -0.2) is 0 Å². The van der Waals surface area contributed by atoms with Gasteiger partial charge in [-0.3, -0.25) is 9.69 Å². The number of nitriles is 1. The van der Waals surface area contributed by atoms with Crippen LogP contribution in [0.4, 0.5) is 5.69 Å². The van der Waals surface area contributed by atoms with Crippen LogP contribution >= 0.6 is 39.3 Å². The maximum absolute atomic E-state index is 13.1. The van der Waals surface area contributed by atoms with Crippen molar-refractivity contribution in [3.63, 3.8) is 0 Å². The topological polar surface area (TPSA) is 76.8 Å². The number of nitrogens with zero attached hydrogens (tertiary/aromatic N) is 3. The van der Waals surface area contributed by atoms with Crippen molar-refractivity contribution in [3.05, 3.63) is 61.6 Å². The Morgan fingerprint density at radius 1 is 1.39 bits per heavy atom. The van der Waals surface area contributed by atoms with Gasteiger partial charge in [0.2, 0.25) is 5.91 Å². The molecule has 6 nitrogen and oxygen atoms in total. The summed E-state index contributed by atoms with van der Waals surface area (Å²) in [6, 6.07) is 11.5. The number of carbonyl (C=O) groups is 1. The summed E-state index contributed by atoms with van der Waals surface area (Å²) in [7, 11) is 1.46. The second-order valence-corrected chi connectivity index (χ2v) is 9.50. The molecule has 0 saturated carbocycles. The van der Waals surface area contributed by atoms with Gasteiger partial charge in [0.25, 0.3) is 0 Å². The zero-order valence-corrected chi connectivity index (χ0v) is 20.0.